The van der Waals surface area contributed by atoms with Gasteiger partial charge in [-0.2, -0.15) is 0 Å². The Morgan fingerprint density at radius 2 is 1.69 bits per heavy atom. The van der Waals surface area contributed by atoms with Gasteiger partial charge in [0, 0.05) is 62.9 Å². The third-order valence-electron chi connectivity index (χ3n) is 7.21. The molecule has 1 aromatic carbocycles. The van der Waals surface area contributed by atoms with Gasteiger partial charge in [0.05, 0.1) is 0 Å². The molecule has 5 rings (SSSR count). The number of aromatic nitrogens is 1. The summed E-state index contributed by atoms with van der Waals surface area (Å²) in [6.07, 6.45) is 2.72. The van der Waals surface area contributed by atoms with Crippen LogP contribution in [-0.2, 0) is 11.3 Å². The second-order valence-electron chi connectivity index (χ2n) is 9.39. The van der Waals surface area contributed by atoms with Crippen LogP contribution in [0.1, 0.15) is 48.2 Å². The molecule has 168 valence electrons. The number of likely N-dealkylation sites (tertiary alicyclic amines) is 2. The molecule has 1 aromatic heterocycles. The molecule has 3 aliphatic heterocycles. The highest BCUT2D eigenvalue weighted by molar-refractivity contribution is 5.94. The lowest BCUT2D eigenvalue weighted by Crippen LogP contribution is -2.49. The van der Waals surface area contributed by atoms with E-state index in [2.05, 4.69) is 11.4 Å². The summed E-state index contributed by atoms with van der Waals surface area (Å²) in [5.41, 5.74) is 2.44. The molecule has 0 radical (unpaired) electrons. The Labute approximate surface area is 188 Å². The number of hydrogen-bond donors (Lipinski definition) is 1. The lowest BCUT2D eigenvalue weighted by Gasteiger charge is -2.43. The Balaban J connectivity index is 1.31. The number of pyridine rings is 1. The van der Waals surface area contributed by atoms with E-state index in [1.165, 1.54) is 0 Å². The molecule has 2 fully saturated rings. The first-order valence-electron chi connectivity index (χ1n) is 11.6. The van der Waals surface area contributed by atoms with E-state index in [0.717, 1.165) is 43.6 Å². The highest BCUT2D eigenvalue weighted by Gasteiger charge is 2.37. The summed E-state index contributed by atoms with van der Waals surface area (Å²) in [5, 5.41) is 3.44. The molecular weight excluding hydrogens is 404 g/mol. The topological polar surface area (TPSA) is 74.7 Å². The van der Waals surface area contributed by atoms with Crippen LogP contribution >= 0.6 is 0 Å². The van der Waals surface area contributed by atoms with Gasteiger partial charge in [-0.3, -0.25) is 14.4 Å². The Bertz CT molecular complexity index is 1070. The summed E-state index contributed by atoms with van der Waals surface area (Å²) in [5.74, 6) is 0.673. The molecule has 32 heavy (non-hydrogen) atoms. The van der Waals surface area contributed by atoms with Gasteiger partial charge in [0.1, 0.15) is 5.69 Å². The van der Waals surface area contributed by atoms with Crippen molar-refractivity contribution in [1.82, 2.24) is 14.4 Å². The van der Waals surface area contributed by atoms with Crippen molar-refractivity contribution in [2.45, 2.75) is 44.7 Å². The van der Waals surface area contributed by atoms with Crippen molar-refractivity contribution in [3.05, 3.63) is 64.1 Å². The number of piperidine rings is 2. The predicted molar refractivity (Wildman–Crippen MR) is 123 cm³/mol. The summed E-state index contributed by atoms with van der Waals surface area (Å²) in [6, 6.07) is 13.6. The van der Waals surface area contributed by atoms with Gasteiger partial charge in [-0.05, 0) is 49.4 Å². The third-order valence-corrected chi connectivity index (χ3v) is 7.21. The fourth-order valence-corrected chi connectivity index (χ4v) is 5.54. The van der Waals surface area contributed by atoms with Gasteiger partial charge in [0.15, 0.2) is 0 Å². The fourth-order valence-electron chi connectivity index (χ4n) is 5.54. The molecular formula is C25H30N4O3. The van der Waals surface area contributed by atoms with Crippen LogP contribution in [0.15, 0.2) is 47.3 Å². The Morgan fingerprint density at radius 1 is 0.938 bits per heavy atom. The molecule has 1 N–H and O–H groups in total. The van der Waals surface area contributed by atoms with Crippen LogP contribution in [0.2, 0.25) is 0 Å². The maximum atomic E-state index is 13.3. The summed E-state index contributed by atoms with van der Waals surface area (Å²) in [7, 11) is 0. The lowest BCUT2D eigenvalue weighted by molar-refractivity contribution is -0.129. The van der Waals surface area contributed by atoms with E-state index in [1.54, 1.807) is 6.92 Å². The van der Waals surface area contributed by atoms with E-state index in [4.69, 9.17) is 0 Å². The number of nitrogens with zero attached hydrogens (tertiary/aromatic N) is 3. The molecule has 2 bridgehead atoms. The van der Waals surface area contributed by atoms with E-state index < -0.39 is 0 Å². The van der Waals surface area contributed by atoms with E-state index in [9.17, 15) is 14.4 Å². The van der Waals surface area contributed by atoms with Crippen LogP contribution in [0.25, 0.3) is 0 Å². The number of anilines is 1. The molecule has 2 atom stereocenters. The van der Waals surface area contributed by atoms with Crippen molar-refractivity contribution in [3.63, 3.8) is 0 Å². The average molecular weight is 435 g/mol. The minimum atomic E-state index is 0.0361. The fraction of sp³-hybridized carbons (Fsp3) is 0.480. The van der Waals surface area contributed by atoms with E-state index >= 15 is 0 Å². The smallest absolute Gasteiger partial charge is 0.274 e. The first kappa shape index (κ1) is 20.8. The number of fused-ring (bicyclic) bond motifs is 4. The third kappa shape index (κ3) is 3.92. The maximum absolute atomic E-state index is 13.3. The summed E-state index contributed by atoms with van der Waals surface area (Å²) in [4.78, 5) is 41.6. The first-order valence-corrected chi connectivity index (χ1v) is 11.6. The lowest BCUT2D eigenvalue weighted by atomic mass is 9.83. The van der Waals surface area contributed by atoms with Crippen molar-refractivity contribution in [2.24, 2.45) is 5.92 Å². The molecule has 2 amide bonds. The number of benzene rings is 1. The van der Waals surface area contributed by atoms with E-state index in [-0.39, 0.29) is 29.3 Å². The number of rotatable bonds is 3. The van der Waals surface area contributed by atoms with Crippen molar-refractivity contribution < 1.29 is 9.59 Å². The van der Waals surface area contributed by atoms with E-state index in [0.29, 0.717) is 31.2 Å². The zero-order valence-corrected chi connectivity index (χ0v) is 18.5. The van der Waals surface area contributed by atoms with Crippen LogP contribution in [-0.4, -0.2) is 58.4 Å². The second kappa shape index (κ2) is 8.45. The molecule has 0 saturated carbocycles. The Kier molecular flexibility index (Phi) is 5.49. The maximum Gasteiger partial charge on any atom is 0.274 e. The zero-order chi connectivity index (χ0) is 22.2. The molecule has 4 heterocycles. The second-order valence-corrected chi connectivity index (χ2v) is 9.39. The van der Waals surface area contributed by atoms with Gasteiger partial charge in [-0.1, -0.05) is 18.2 Å². The molecule has 0 spiro atoms. The molecule has 7 heteroatoms. The molecule has 2 saturated heterocycles. The van der Waals surface area contributed by atoms with Gasteiger partial charge >= 0.3 is 0 Å². The SMILES string of the molecule is CC(=O)N1CCC(Nc2ccc3n(c2=O)C[C@@H]2C[C@@H]3CN(C(=O)c3ccccc3)C2)CC1. The summed E-state index contributed by atoms with van der Waals surface area (Å²) in [6.45, 7) is 5.07. The van der Waals surface area contributed by atoms with Crippen molar-refractivity contribution >= 4 is 17.5 Å². The number of carbonyl (C=O) groups is 2. The van der Waals surface area contributed by atoms with Gasteiger partial charge in [-0.15, -0.1) is 0 Å². The molecule has 0 unspecified atom stereocenters. The highest BCUT2D eigenvalue weighted by Crippen LogP contribution is 2.36. The monoisotopic (exact) mass is 434 g/mol. The normalized spacial score (nSPS) is 22.9. The number of amides is 2. The molecule has 0 aliphatic carbocycles. The van der Waals surface area contributed by atoms with Crippen LogP contribution in [0.5, 0.6) is 0 Å². The summed E-state index contributed by atoms with van der Waals surface area (Å²) >= 11 is 0. The minimum Gasteiger partial charge on any atom is -0.378 e. The molecule has 7 nitrogen and oxygen atoms in total. The van der Waals surface area contributed by atoms with Gasteiger partial charge in [0.25, 0.3) is 11.5 Å². The number of nitrogens with one attached hydrogen (secondary N) is 1. The highest BCUT2D eigenvalue weighted by atomic mass is 16.2. The van der Waals surface area contributed by atoms with Gasteiger partial charge < -0.3 is 19.7 Å². The zero-order valence-electron chi connectivity index (χ0n) is 18.5. The largest absolute Gasteiger partial charge is 0.378 e. The minimum absolute atomic E-state index is 0.0361. The molecule has 3 aliphatic rings. The average Bonchev–Trinajstić information content (AvgIpc) is 2.81. The number of hydrogen-bond acceptors (Lipinski definition) is 4. The van der Waals surface area contributed by atoms with Gasteiger partial charge in [0.2, 0.25) is 5.91 Å². The Morgan fingerprint density at radius 3 is 2.41 bits per heavy atom. The van der Waals surface area contributed by atoms with E-state index in [1.807, 2.05) is 50.8 Å². The van der Waals surface area contributed by atoms with Crippen molar-refractivity contribution in [3.8, 4) is 0 Å². The predicted octanol–water partition coefficient (Wildman–Crippen LogP) is 2.53. The van der Waals surface area contributed by atoms with Crippen molar-refractivity contribution in [1.29, 1.82) is 0 Å². The number of carbonyl (C=O) groups excluding carboxylic acids is 2. The van der Waals surface area contributed by atoms with Crippen LogP contribution in [0.4, 0.5) is 5.69 Å². The van der Waals surface area contributed by atoms with Crippen LogP contribution in [0, 0.1) is 5.92 Å². The standard InChI is InChI=1S/C25H30N4O3/c1-17(30)27-11-9-21(10-12-27)26-22-7-8-23-20-13-18(15-29(23)25(22)32)14-28(16-20)24(31)19-5-3-2-4-6-19/h2-8,18,20-21,26H,9-16H2,1H3/t18-,20-/m1/s1. The van der Waals surface area contributed by atoms with Gasteiger partial charge in [-0.25, -0.2) is 0 Å². The first-order chi connectivity index (χ1) is 15.5. The van der Waals surface area contributed by atoms with Crippen LogP contribution in [0.3, 0.4) is 0 Å². The van der Waals surface area contributed by atoms with Crippen LogP contribution < -0.4 is 10.9 Å². The summed E-state index contributed by atoms with van der Waals surface area (Å²) < 4.78 is 1.93. The quantitative estimate of drug-likeness (QED) is 0.806. The molecule has 2 aromatic rings. The Hall–Kier alpha value is -3.09. The van der Waals surface area contributed by atoms with Crippen molar-refractivity contribution in [2.75, 3.05) is 31.5 Å².